The SMILES string of the molecule is CNc1nccc(-c2cc(NCCCNCCCOC)c3cc(OC)ccc3c2)n1. The van der Waals surface area contributed by atoms with Crippen molar-refractivity contribution in [3.05, 3.63) is 42.6 Å². The summed E-state index contributed by atoms with van der Waals surface area (Å²) in [5.41, 5.74) is 3.01. The molecule has 0 saturated heterocycles. The topological polar surface area (TPSA) is 80.3 Å². The van der Waals surface area contributed by atoms with Crippen LogP contribution in [0.15, 0.2) is 42.6 Å². The van der Waals surface area contributed by atoms with E-state index < -0.39 is 0 Å². The van der Waals surface area contributed by atoms with E-state index in [2.05, 4.69) is 50.2 Å². The number of nitrogens with zero attached hydrogens (tertiary/aromatic N) is 2. The van der Waals surface area contributed by atoms with Gasteiger partial charge in [-0.05, 0) is 61.6 Å². The first-order valence-electron chi connectivity index (χ1n) is 10.3. The number of hydrogen-bond acceptors (Lipinski definition) is 7. The third kappa shape index (κ3) is 5.81. The molecule has 0 aliphatic rings. The molecule has 0 aliphatic heterocycles. The van der Waals surface area contributed by atoms with Crippen molar-refractivity contribution in [3.8, 4) is 17.0 Å². The quantitative estimate of drug-likeness (QED) is 0.393. The molecule has 3 N–H and O–H groups in total. The van der Waals surface area contributed by atoms with Crippen molar-refractivity contribution in [2.75, 3.05) is 58.1 Å². The van der Waals surface area contributed by atoms with Crippen LogP contribution in [0.25, 0.3) is 22.0 Å². The fourth-order valence-electron chi connectivity index (χ4n) is 3.30. The minimum absolute atomic E-state index is 0.608. The number of aromatic nitrogens is 2. The van der Waals surface area contributed by atoms with Crippen LogP contribution in [0.1, 0.15) is 12.8 Å². The Hall–Kier alpha value is -2.90. The van der Waals surface area contributed by atoms with Crippen LogP contribution in [0.3, 0.4) is 0 Å². The molecule has 0 unspecified atom stereocenters. The van der Waals surface area contributed by atoms with Gasteiger partial charge in [-0.2, -0.15) is 0 Å². The Morgan fingerprint density at radius 1 is 0.967 bits per heavy atom. The van der Waals surface area contributed by atoms with Gasteiger partial charge in [-0.25, -0.2) is 9.97 Å². The molecule has 1 heterocycles. The maximum Gasteiger partial charge on any atom is 0.222 e. The molecule has 7 nitrogen and oxygen atoms in total. The monoisotopic (exact) mass is 409 g/mol. The molecule has 0 fully saturated rings. The van der Waals surface area contributed by atoms with Crippen LogP contribution in [0.5, 0.6) is 5.75 Å². The minimum atomic E-state index is 0.608. The number of ether oxygens (including phenoxy) is 2. The number of nitrogens with one attached hydrogen (secondary N) is 3. The Morgan fingerprint density at radius 3 is 2.63 bits per heavy atom. The molecule has 160 valence electrons. The Labute approximate surface area is 178 Å². The standard InChI is InChI=1S/C23H31N5O2/c1-24-23-27-12-8-21(28-23)18-14-17-6-7-19(30-3)16-20(17)22(15-18)26-11-4-9-25-10-5-13-29-2/h6-8,12,14-16,25-26H,4-5,9-11,13H2,1-3H3,(H,24,27,28). The number of rotatable bonds is 12. The molecule has 7 heteroatoms. The molecule has 0 saturated carbocycles. The molecule has 1 aromatic heterocycles. The molecular weight excluding hydrogens is 378 g/mol. The van der Waals surface area contributed by atoms with Gasteiger partial charge in [0.1, 0.15) is 5.75 Å². The number of fused-ring (bicyclic) bond motifs is 1. The van der Waals surface area contributed by atoms with E-state index in [9.17, 15) is 0 Å². The van der Waals surface area contributed by atoms with E-state index in [4.69, 9.17) is 9.47 Å². The van der Waals surface area contributed by atoms with Crippen molar-refractivity contribution in [2.45, 2.75) is 12.8 Å². The van der Waals surface area contributed by atoms with Gasteiger partial charge in [-0.1, -0.05) is 6.07 Å². The predicted molar refractivity (Wildman–Crippen MR) is 124 cm³/mol. The third-order valence-electron chi connectivity index (χ3n) is 4.88. The fourth-order valence-corrected chi connectivity index (χ4v) is 3.30. The summed E-state index contributed by atoms with van der Waals surface area (Å²) in [5.74, 6) is 1.45. The fraction of sp³-hybridized carbons (Fsp3) is 0.391. The largest absolute Gasteiger partial charge is 0.497 e. The Bertz CT molecular complexity index is 948. The second kappa shape index (κ2) is 11.3. The minimum Gasteiger partial charge on any atom is -0.497 e. The zero-order chi connectivity index (χ0) is 21.2. The van der Waals surface area contributed by atoms with Crippen LogP contribution in [-0.2, 0) is 4.74 Å². The molecule has 2 aromatic carbocycles. The van der Waals surface area contributed by atoms with Gasteiger partial charge in [-0.3, -0.25) is 0 Å². The van der Waals surface area contributed by atoms with E-state index in [1.165, 1.54) is 0 Å². The first kappa shape index (κ1) is 21.8. The van der Waals surface area contributed by atoms with E-state index in [0.717, 1.165) is 72.5 Å². The molecule has 30 heavy (non-hydrogen) atoms. The molecule has 0 atom stereocenters. The zero-order valence-corrected chi connectivity index (χ0v) is 18.0. The van der Waals surface area contributed by atoms with E-state index >= 15 is 0 Å². The highest BCUT2D eigenvalue weighted by atomic mass is 16.5. The van der Waals surface area contributed by atoms with Gasteiger partial charge in [-0.15, -0.1) is 0 Å². The highest BCUT2D eigenvalue weighted by Gasteiger charge is 2.09. The maximum atomic E-state index is 5.44. The molecule has 3 aromatic rings. The lowest BCUT2D eigenvalue weighted by Crippen LogP contribution is -2.20. The summed E-state index contributed by atoms with van der Waals surface area (Å²) in [6, 6.07) is 12.4. The van der Waals surface area contributed by atoms with E-state index in [1.54, 1.807) is 20.4 Å². The lowest BCUT2D eigenvalue weighted by atomic mass is 10.0. The van der Waals surface area contributed by atoms with E-state index in [-0.39, 0.29) is 0 Å². The molecule has 3 rings (SSSR count). The Morgan fingerprint density at radius 2 is 1.83 bits per heavy atom. The summed E-state index contributed by atoms with van der Waals surface area (Å²) in [5, 5.41) is 12.3. The average Bonchev–Trinajstić information content (AvgIpc) is 2.80. The Balaban J connectivity index is 1.77. The first-order chi connectivity index (χ1) is 14.7. The average molecular weight is 410 g/mol. The van der Waals surface area contributed by atoms with E-state index in [1.807, 2.05) is 19.2 Å². The van der Waals surface area contributed by atoms with Gasteiger partial charge in [0.15, 0.2) is 0 Å². The summed E-state index contributed by atoms with van der Waals surface area (Å²) in [4.78, 5) is 8.81. The van der Waals surface area contributed by atoms with Crippen LogP contribution in [0.4, 0.5) is 11.6 Å². The van der Waals surface area contributed by atoms with E-state index in [0.29, 0.717) is 5.95 Å². The summed E-state index contributed by atoms with van der Waals surface area (Å²) in [7, 11) is 5.25. The molecule has 0 radical (unpaired) electrons. The second-order valence-corrected chi connectivity index (χ2v) is 7.00. The second-order valence-electron chi connectivity index (χ2n) is 7.00. The predicted octanol–water partition coefficient (Wildman–Crippen LogP) is 3.78. The Kier molecular flexibility index (Phi) is 8.23. The van der Waals surface area contributed by atoms with Crippen molar-refractivity contribution >= 4 is 22.4 Å². The summed E-state index contributed by atoms with van der Waals surface area (Å²) >= 11 is 0. The molecular formula is C23H31N5O2. The van der Waals surface area contributed by atoms with Gasteiger partial charge in [0, 0.05) is 50.1 Å². The smallest absolute Gasteiger partial charge is 0.222 e. The van der Waals surface area contributed by atoms with Gasteiger partial charge < -0.3 is 25.4 Å². The molecule has 0 aliphatic carbocycles. The van der Waals surface area contributed by atoms with Gasteiger partial charge in [0.2, 0.25) is 5.95 Å². The lowest BCUT2D eigenvalue weighted by Gasteiger charge is -2.14. The van der Waals surface area contributed by atoms with Crippen molar-refractivity contribution in [3.63, 3.8) is 0 Å². The molecule has 0 amide bonds. The highest BCUT2D eigenvalue weighted by molar-refractivity contribution is 5.98. The maximum absolute atomic E-state index is 5.44. The van der Waals surface area contributed by atoms with Crippen LogP contribution >= 0.6 is 0 Å². The lowest BCUT2D eigenvalue weighted by molar-refractivity contribution is 0.194. The van der Waals surface area contributed by atoms with Gasteiger partial charge in [0.25, 0.3) is 0 Å². The van der Waals surface area contributed by atoms with Crippen molar-refractivity contribution in [2.24, 2.45) is 0 Å². The van der Waals surface area contributed by atoms with Crippen molar-refractivity contribution in [1.82, 2.24) is 15.3 Å². The number of benzene rings is 2. The molecule has 0 bridgehead atoms. The summed E-state index contributed by atoms with van der Waals surface area (Å²) in [6.45, 7) is 3.61. The third-order valence-corrected chi connectivity index (χ3v) is 4.88. The van der Waals surface area contributed by atoms with Crippen molar-refractivity contribution in [1.29, 1.82) is 0 Å². The zero-order valence-electron chi connectivity index (χ0n) is 18.0. The number of anilines is 2. The summed E-state index contributed by atoms with van der Waals surface area (Å²) < 4.78 is 10.5. The van der Waals surface area contributed by atoms with Crippen molar-refractivity contribution < 1.29 is 9.47 Å². The molecule has 0 spiro atoms. The first-order valence-corrected chi connectivity index (χ1v) is 10.3. The highest BCUT2D eigenvalue weighted by Crippen LogP contribution is 2.33. The van der Waals surface area contributed by atoms with Crippen LogP contribution in [0, 0.1) is 0 Å². The van der Waals surface area contributed by atoms with Gasteiger partial charge in [0.05, 0.1) is 12.8 Å². The number of methoxy groups -OCH3 is 2. The van der Waals surface area contributed by atoms with Crippen LogP contribution in [-0.4, -0.2) is 57.5 Å². The summed E-state index contributed by atoms with van der Waals surface area (Å²) in [6.07, 6.45) is 3.83. The van der Waals surface area contributed by atoms with Gasteiger partial charge >= 0.3 is 0 Å². The number of hydrogen-bond donors (Lipinski definition) is 3. The normalized spacial score (nSPS) is 10.9. The van der Waals surface area contributed by atoms with Crippen LogP contribution < -0.4 is 20.7 Å². The van der Waals surface area contributed by atoms with Crippen LogP contribution in [0.2, 0.25) is 0 Å².